The van der Waals surface area contributed by atoms with Crippen LogP contribution in [0, 0.1) is 0 Å². The van der Waals surface area contributed by atoms with Crippen molar-refractivity contribution in [3.8, 4) is 0 Å². The van der Waals surface area contributed by atoms with Crippen molar-refractivity contribution in [1.82, 2.24) is 10.2 Å². The van der Waals surface area contributed by atoms with Gasteiger partial charge in [-0.3, -0.25) is 9.59 Å². The van der Waals surface area contributed by atoms with Crippen molar-refractivity contribution in [1.29, 1.82) is 0 Å². The number of nitrogens with zero attached hydrogens (tertiary/aromatic N) is 1. The molecular weight excluding hydrogens is 337 g/mol. The number of amides is 2. The van der Waals surface area contributed by atoms with Gasteiger partial charge >= 0.3 is 6.18 Å². The van der Waals surface area contributed by atoms with Crippen LogP contribution in [0.5, 0.6) is 0 Å². The summed E-state index contributed by atoms with van der Waals surface area (Å²) in [4.78, 5) is 25.2. The van der Waals surface area contributed by atoms with Gasteiger partial charge in [-0.25, -0.2) is 0 Å². The lowest BCUT2D eigenvalue weighted by Gasteiger charge is -2.24. The maximum absolute atomic E-state index is 13.0. The number of aliphatic hydroxyl groups excluding tert-OH is 1. The van der Waals surface area contributed by atoms with Crippen LogP contribution in [-0.2, 0) is 22.2 Å². The summed E-state index contributed by atoms with van der Waals surface area (Å²) in [7, 11) is 0. The van der Waals surface area contributed by atoms with E-state index >= 15 is 0 Å². The molecule has 1 unspecified atom stereocenters. The maximum atomic E-state index is 13.0. The first-order chi connectivity index (χ1) is 11.6. The van der Waals surface area contributed by atoms with E-state index in [-0.39, 0.29) is 30.9 Å². The predicted octanol–water partition coefficient (Wildman–Crippen LogP) is 1.73. The average molecular weight is 358 g/mol. The van der Waals surface area contributed by atoms with Gasteiger partial charge in [-0.1, -0.05) is 18.2 Å². The number of alkyl halides is 3. The number of halogens is 3. The highest BCUT2D eigenvalue weighted by molar-refractivity contribution is 5.87. The summed E-state index contributed by atoms with van der Waals surface area (Å²) in [5.74, 6) is -0.796. The molecule has 8 heteroatoms. The van der Waals surface area contributed by atoms with Crippen LogP contribution in [0.25, 0.3) is 0 Å². The number of carbonyl (C=O) groups is 2. The first kappa shape index (κ1) is 19.2. The number of carbonyl (C=O) groups excluding carboxylic acids is 2. The SMILES string of the molecule is CC(=O)N1C[C@@H](O)C[C@@H]1C(=O)NC(C)Cc1ccccc1C(F)(F)F. The second-order valence-electron chi connectivity index (χ2n) is 6.35. The second-order valence-corrected chi connectivity index (χ2v) is 6.35. The van der Waals surface area contributed by atoms with Crippen LogP contribution >= 0.6 is 0 Å². The number of likely N-dealkylation sites (tertiary alicyclic amines) is 1. The Hall–Kier alpha value is -2.09. The third-order valence-corrected chi connectivity index (χ3v) is 4.22. The van der Waals surface area contributed by atoms with Gasteiger partial charge in [-0.2, -0.15) is 13.2 Å². The van der Waals surface area contributed by atoms with E-state index in [1.807, 2.05) is 0 Å². The van der Waals surface area contributed by atoms with Crippen LogP contribution in [-0.4, -0.2) is 46.6 Å². The number of rotatable bonds is 4. The minimum Gasteiger partial charge on any atom is -0.391 e. The molecular formula is C17H21F3N2O3. The topological polar surface area (TPSA) is 69.6 Å². The monoisotopic (exact) mass is 358 g/mol. The molecule has 25 heavy (non-hydrogen) atoms. The number of hydrogen-bond acceptors (Lipinski definition) is 3. The molecule has 5 nitrogen and oxygen atoms in total. The average Bonchev–Trinajstić information content (AvgIpc) is 2.89. The zero-order valence-electron chi connectivity index (χ0n) is 14.0. The lowest BCUT2D eigenvalue weighted by Crippen LogP contribution is -2.48. The van der Waals surface area contributed by atoms with E-state index in [1.54, 1.807) is 6.92 Å². The fourth-order valence-corrected chi connectivity index (χ4v) is 3.11. The molecule has 1 fully saturated rings. The maximum Gasteiger partial charge on any atom is 0.416 e. The van der Waals surface area contributed by atoms with Crippen molar-refractivity contribution in [2.75, 3.05) is 6.54 Å². The Balaban J connectivity index is 2.05. The highest BCUT2D eigenvalue weighted by Gasteiger charge is 2.38. The fourth-order valence-electron chi connectivity index (χ4n) is 3.11. The number of hydrogen-bond donors (Lipinski definition) is 2. The summed E-state index contributed by atoms with van der Waals surface area (Å²) < 4.78 is 39.1. The van der Waals surface area contributed by atoms with Crippen LogP contribution in [0.15, 0.2) is 24.3 Å². The molecule has 1 aliphatic heterocycles. The summed E-state index contributed by atoms with van der Waals surface area (Å²) in [6.45, 7) is 2.99. The molecule has 0 saturated carbocycles. The summed E-state index contributed by atoms with van der Waals surface area (Å²) in [5.41, 5.74) is -0.629. The Morgan fingerprint density at radius 1 is 1.36 bits per heavy atom. The largest absolute Gasteiger partial charge is 0.416 e. The predicted molar refractivity (Wildman–Crippen MR) is 84.6 cm³/mol. The lowest BCUT2D eigenvalue weighted by atomic mass is 10.00. The number of benzene rings is 1. The Kier molecular flexibility index (Phi) is 5.72. The van der Waals surface area contributed by atoms with Gasteiger partial charge in [-0.05, 0) is 25.0 Å². The molecule has 138 valence electrons. The summed E-state index contributed by atoms with van der Waals surface area (Å²) in [6, 6.07) is 3.88. The number of β-amino-alcohol motifs (C(OH)–C–C–N with tert-alkyl or cyclic N) is 1. The molecule has 1 aliphatic rings. The minimum atomic E-state index is -4.46. The summed E-state index contributed by atoms with van der Waals surface area (Å²) >= 11 is 0. The Bertz CT molecular complexity index is 648. The van der Waals surface area contributed by atoms with E-state index < -0.39 is 35.8 Å². The van der Waals surface area contributed by atoms with Crippen molar-refractivity contribution in [3.05, 3.63) is 35.4 Å². The fraction of sp³-hybridized carbons (Fsp3) is 0.529. The first-order valence-corrected chi connectivity index (χ1v) is 8.00. The standard InChI is InChI=1S/C17H21F3N2O3/c1-10(7-12-5-3-4-6-14(12)17(18,19)20)21-16(25)15-8-13(24)9-22(15)11(2)23/h3-6,10,13,15,24H,7-9H2,1-2H3,(H,21,25)/t10?,13-,15+/m0/s1. The molecule has 1 heterocycles. The van der Waals surface area contributed by atoms with Gasteiger partial charge in [0.05, 0.1) is 11.7 Å². The van der Waals surface area contributed by atoms with Gasteiger partial charge in [0.15, 0.2) is 0 Å². The van der Waals surface area contributed by atoms with Gasteiger partial charge in [0.2, 0.25) is 11.8 Å². The molecule has 1 aromatic rings. The highest BCUT2D eigenvalue weighted by atomic mass is 19.4. The highest BCUT2D eigenvalue weighted by Crippen LogP contribution is 2.32. The number of nitrogens with one attached hydrogen (secondary N) is 1. The molecule has 2 N–H and O–H groups in total. The van der Waals surface area contributed by atoms with Gasteiger partial charge in [0, 0.05) is 25.9 Å². The summed E-state index contributed by atoms with van der Waals surface area (Å²) in [5, 5.41) is 12.3. The Morgan fingerprint density at radius 3 is 2.60 bits per heavy atom. The van der Waals surface area contributed by atoms with Crippen molar-refractivity contribution in [2.24, 2.45) is 0 Å². The molecule has 1 saturated heterocycles. The van der Waals surface area contributed by atoms with Crippen molar-refractivity contribution in [3.63, 3.8) is 0 Å². The van der Waals surface area contributed by atoms with E-state index in [0.29, 0.717) is 0 Å². The van der Waals surface area contributed by atoms with Gasteiger partial charge < -0.3 is 15.3 Å². The quantitative estimate of drug-likeness (QED) is 0.861. The number of aliphatic hydroxyl groups is 1. The molecule has 0 spiro atoms. The minimum absolute atomic E-state index is 0.0107. The third kappa shape index (κ3) is 4.72. The van der Waals surface area contributed by atoms with Crippen LogP contribution in [0.3, 0.4) is 0 Å². The molecule has 0 aromatic heterocycles. The first-order valence-electron chi connectivity index (χ1n) is 8.00. The smallest absolute Gasteiger partial charge is 0.391 e. The van der Waals surface area contributed by atoms with E-state index in [4.69, 9.17) is 0 Å². The molecule has 2 rings (SSSR count). The molecule has 0 aliphatic carbocycles. The van der Waals surface area contributed by atoms with Crippen LogP contribution in [0.4, 0.5) is 13.2 Å². The zero-order valence-corrected chi connectivity index (χ0v) is 14.0. The third-order valence-electron chi connectivity index (χ3n) is 4.22. The van der Waals surface area contributed by atoms with Crippen LogP contribution in [0.2, 0.25) is 0 Å². The van der Waals surface area contributed by atoms with E-state index in [0.717, 1.165) is 6.07 Å². The van der Waals surface area contributed by atoms with Crippen molar-refractivity contribution >= 4 is 11.8 Å². The molecule has 2 amide bonds. The van der Waals surface area contributed by atoms with Gasteiger partial charge in [-0.15, -0.1) is 0 Å². The molecule has 0 radical (unpaired) electrons. The Morgan fingerprint density at radius 2 is 2.00 bits per heavy atom. The van der Waals surface area contributed by atoms with Gasteiger partial charge in [0.1, 0.15) is 6.04 Å². The van der Waals surface area contributed by atoms with Crippen LogP contribution in [0.1, 0.15) is 31.4 Å². The van der Waals surface area contributed by atoms with E-state index in [1.165, 1.54) is 30.0 Å². The van der Waals surface area contributed by atoms with Crippen molar-refractivity contribution < 1.29 is 27.9 Å². The van der Waals surface area contributed by atoms with Crippen LogP contribution < -0.4 is 5.32 Å². The zero-order chi connectivity index (χ0) is 18.8. The van der Waals surface area contributed by atoms with Crippen molar-refractivity contribution in [2.45, 2.75) is 51.1 Å². The lowest BCUT2D eigenvalue weighted by molar-refractivity contribution is -0.138. The second kappa shape index (κ2) is 7.43. The molecule has 3 atom stereocenters. The normalized spacial score (nSPS) is 21.9. The van der Waals surface area contributed by atoms with E-state index in [2.05, 4.69) is 5.32 Å². The molecule has 0 bridgehead atoms. The molecule has 1 aromatic carbocycles. The van der Waals surface area contributed by atoms with E-state index in [9.17, 15) is 27.9 Å². The summed E-state index contributed by atoms with van der Waals surface area (Å²) in [6.07, 6.45) is -5.10. The van der Waals surface area contributed by atoms with Gasteiger partial charge in [0.25, 0.3) is 0 Å². The Labute approximate surface area is 143 Å².